The average Bonchev–Trinajstić information content (AvgIpc) is 1.62. The molecule has 0 spiro atoms. The van der Waals surface area contributed by atoms with Crippen molar-refractivity contribution in [2.75, 3.05) is 18.6 Å². The number of fused-ring (bicyclic) bond motifs is 3. The van der Waals surface area contributed by atoms with Gasteiger partial charge in [-0.15, -0.1) is 23.2 Å². The van der Waals surface area contributed by atoms with Crippen LogP contribution in [-0.4, -0.2) is 114 Å². The molecule has 1 atom stereocenters. The van der Waals surface area contributed by atoms with Gasteiger partial charge in [-0.3, -0.25) is 60.3 Å². The Kier molecular flexibility index (Phi) is 35.7. The van der Waals surface area contributed by atoms with Crippen molar-refractivity contribution in [3.05, 3.63) is 262 Å². The first-order valence-electron chi connectivity index (χ1n) is 32.7. The number of carbonyl (C=O) groups excluding carboxylic acids is 1. The van der Waals surface area contributed by atoms with Gasteiger partial charge in [0.1, 0.15) is 23.5 Å². The molecule has 0 amide bonds. The fourth-order valence-electron chi connectivity index (χ4n) is 10.8. The Bertz CT molecular complexity index is 5390. The molecule has 107 heavy (non-hydrogen) atoms. The Morgan fingerprint density at radius 1 is 0.523 bits per heavy atom. The molecule has 2 N–H and O–H groups in total. The van der Waals surface area contributed by atoms with E-state index in [4.69, 9.17) is 42.1 Å². The number of aromatic nitrogens is 12. The molecule has 6 aromatic heterocycles. The summed E-state index contributed by atoms with van der Waals surface area (Å²) in [7, 11) is 9.00. The summed E-state index contributed by atoms with van der Waals surface area (Å²) >= 11 is 19.9. The molecule has 0 radical (unpaired) electrons. The number of imidazole rings is 3. The van der Waals surface area contributed by atoms with Crippen molar-refractivity contribution in [1.29, 1.82) is 0 Å². The van der Waals surface area contributed by atoms with Crippen molar-refractivity contribution < 1.29 is 50.9 Å². The smallest absolute Gasteiger partial charge is 1.00 e. The van der Waals surface area contributed by atoms with Crippen LogP contribution in [0.25, 0.3) is 33.5 Å². The second kappa shape index (κ2) is 42.7. The van der Waals surface area contributed by atoms with Gasteiger partial charge in [0, 0.05) is 74.5 Å². The van der Waals surface area contributed by atoms with Crippen molar-refractivity contribution in [3.63, 3.8) is 0 Å². The summed E-state index contributed by atoms with van der Waals surface area (Å²) in [5.41, 5.74) is 3.38. The zero-order valence-electron chi connectivity index (χ0n) is 59.4. The Labute approximate surface area is 678 Å². The van der Waals surface area contributed by atoms with Gasteiger partial charge >= 0.3 is 58.2 Å². The van der Waals surface area contributed by atoms with Gasteiger partial charge in [-0.05, 0) is 120 Å². The SMILES string of the molecule is C.C1CCOC1.CCCC(O)c1cccc(Oc2nc3c(c(=O)n(C)c(=O)n3C)n2Cc2cccc(Br)c2)c1.ClCCl.Cn1c(=O)c2c(nc(Oc3cccc(C=O)c3)n2Cc2cccc(Br)c2)n(C)c1=O.Cn1c(=O)c2c(nc(Oc3cccc(CO)c3)n2Cc2cccc(Br)c2)n(C)c1=O.[Br-].[CH2-]CC.[Mg+2]. The summed E-state index contributed by atoms with van der Waals surface area (Å²) in [6.07, 6.45) is 5.18. The molecule has 1 saturated heterocycles. The molecule has 13 rings (SSSR count). The van der Waals surface area contributed by atoms with Crippen molar-refractivity contribution in [2.24, 2.45) is 42.3 Å². The van der Waals surface area contributed by atoms with Crippen LogP contribution in [0.3, 0.4) is 0 Å². The van der Waals surface area contributed by atoms with Gasteiger partial charge in [-0.25, -0.2) is 14.4 Å². The largest absolute Gasteiger partial charge is 2.00 e. The Balaban J connectivity index is 0.000000265. The van der Waals surface area contributed by atoms with E-state index in [-0.39, 0.29) is 111 Å². The molecule has 1 fully saturated rings. The first-order chi connectivity index (χ1) is 49.9. The van der Waals surface area contributed by atoms with Gasteiger partial charge in [-0.2, -0.15) is 21.4 Å². The number of halogens is 6. The normalized spacial score (nSPS) is 11.5. The fraction of sp³-hybridized carbons (Fsp3) is 0.293. The van der Waals surface area contributed by atoms with Crippen LogP contribution in [0.5, 0.6) is 35.3 Å². The van der Waals surface area contributed by atoms with Crippen LogP contribution in [0.4, 0.5) is 0 Å². The molecular formula is C75H82Br4Cl2MgN12O13. The summed E-state index contributed by atoms with van der Waals surface area (Å²) in [6.45, 7) is 10.3. The molecule has 1 aliphatic heterocycles. The number of ether oxygens (including phenoxy) is 4. The Hall–Kier alpha value is -8.01. The molecule has 1 aliphatic rings. The van der Waals surface area contributed by atoms with Gasteiger partial charge < -0.3 is 53.1 Å². The number of nitrogens with zero attached hydrogens (tertiary/aromatic N) is 12. The van der Waals surface area contributed by atoms with Crippen LogP contribution < -0.4 is 64.9 Å². The van der Waals surface area contributed by atoms with E-state index in [1.807, 2.05) is 92.7 Å². The monoisotopic (exact) mass is 1770 g/mol. The standard InChI is InChI=1S/C24H25BrN4O4.C21H19BrN4O4.C21H17BrN4O4.C4H8O.C3H7.CH2Cl2.CH4.BrH.Mg/c1-4-7-19(30)16-9-6-11-18(13-16)33-23-26-21-20(22(31)28(3)24(32)27(21)2)29(23)14-15-8-5-10-17(25)12-15;2*1-24-18-17(19(28)25(2)21(24)29)26(11-13-5-3-7-15(22)9-13)20(23-18)30-16-8-4-6-14(10-16)12-27;1-2-4-5-3-1;1-3-2;2-1-3;;;/h5-6,8-13,19,30H,4,7,14H2,1-3H3;3-10,27H,11-12H2,1-2H3;3-10,12H,11H2,1-2H3;1-4H2;1,3H2,2H3;1H2;1H4;1H;/q;;;;-1;;;;+2/p-1. The van der Waals surface area contributed by atoms with E-state index in [0.717, 1.165) is 81.7 Å². The third kappa shape index (κ3) is 22.6. The minimum atomic E-state index is -0.591. The van der Waals surface area contributed by atoms with Crippen molar-refractivity contribution in [2.45, 2.75) is 85.7 Å². The molecule has 0 bridgehead atoms. The minimum absolute atomic E-state index is 0. The number of carbonyl (C=O) groups is 1. The number of alkyl halides is 2. The number of aryl methyl sites for hydroxylation is 3. The maximum atomic E-state index is 13.1. The molecular weight excluding hydrogens is 1690 g/mol. The first kappa shape index (κ1) is 89.6. The Morgan fingerprint density at radius 2 is 0.850 bits per heavy atom. The number of hydrogen-bond donors (Lipinski definition) is 2. The molecule has 32 heteroatoms. The van der Waals surface area contributed by atoms with Crippen molar-refractivity contribution in [1.82, 2.24) is 56.1 Å². The maximum absolute atomic E-state index is 13.1. The van der Waals surface area contributed by atoms with E-state index in [0.29, 0.717) is 54.4 Å². The van der Waals surface area contributed by atoms with Gasteiger partial charge in [0.25, 0.3) is 16.7 Å². The van der Waals surface area contributed by atoms with E-state index in [1.165, 1.54) is 47.7 Å². The van der Waals surface area contributed by atoms with Crippen LogP contribution in [0.2, 0.25) is 0 Å². The summed E-state index contributed by atoms with van der Waals surface area (Å²) in [5, 5.41) is 20.0. The third-order valence-electron chi connectivity index (χ3n) is 16.0. The molecule has 25 nitrogen and oxygen atoms in total. The quantitative estimate of drug-likeness (QED) is 0.0371. The van der Waals surface area contributed by atoms with Crippen LogP contribution in [0.15, 0.2) is 188 Å². The van der Waals surface area contributed by atoms with E-state index < -0.39 is 39.9 Å². The maximum Gasteiger partial charge on any atom is 2.00 e. The van der Waals surface area contributed by atoms with Gasteiger partial charge in [-0.1, -0.05) is 148 Å². The van der Waals surface area contributed by atoms with Gasteiger partial charge in [0.2, 0.25) is 0 Å². The van der Waals surface area contributed by atoms with Crippen LogP contribution in [-0.2, 0) is 73.3 Å². The number of benzene rings is 6. The number of aliphatic hydroxyl groups is 2. The Morgan fingerprint density at radius 3 is 1.18 bits per heavy atom. The summed E-state index contributed by atoms with van der Waals surface area (Å²) in [4.78, 5) is 101. The second-order valence-corrected chi connectivity index (χ2v) is 27.1. The van der Waals surface area contributed by atoms with Crippen molar-refractivity contribution in [3.8, 4) is 35.3 Å². The van der Waals surface area contributed by atoms with Crippen LogP contribution in [0, 0.1) is 6.92 Å². The summed E-state index contributed by atoms with van der Waals surface area (Å²) < 4.78 is 37.8. The first-order valence-corrected chi connectivity index (χ1v) is 36.1. The predicted octanol–water partition coefficient (Wildman–Crippen LogP) is 9.96. The summed E-state index contributed by atoms with van der Waals surface area (Å²) in [6, 6.07) is 44.3. The molecule has 12 aromatic rings. The summed E-state index contributed by atoms with van der Waals surface area (Å²) in [5.74, 6) is 1.34. The molecule has 1 unspecified atom stereocenters. The molecule has 0 aliphatic carbocycles. The van der Waals surface area contributed by atoms with Gasteiger partial charge in [0.15, 0.2) is 33.5 Å². The molecule has 6 aromatic carbocycles. The van der Waals surface area contributed by atoms with Crippen molar-refractivity contribution >= 4 is 134 Å². The zero-order valence-corrected chi connectivity index (χ0v) is 68.7. The van der Waals surface area contributed by atoms with Gasteiger partial charge in [0.05, 0.1) is 37.7 Å². The minimum Gasteiger partial charge on any atom is -1.00 e. The van der Waals surface area contributed by atoms with E-state index in [1.54, 1.807) is 102 Å². The molecule has 0 saturated carbocycles. The molecule has 564 valence electrons. The van der Waals surface area contributed by atoms with E-state index in [9.17, 15) is 43.8 Å². The number of hydrogen-bond acceptors (Lipinski definition) is 16. The number of aldehydes is 1. The topological polar surface area (TPSA) is 280 Å². The predicted molar refractivity (Wildman–Crippen MR) is 426 cm³/mol. The van der Waals surface area contributed by atoms with E-state index in [2.05, 4.69) is 69.7 Å². The zero-order chi connectivity index (χ0) is 75.5. The third-order valence-corrected chi connectivity index (χ3v) is 17.4. The fourth-order valence-corrected chi connectivity index (χ4v) is 12.2. The number of rotatable bonds is 17. The van der Waals surface area contributed by atoms with Crippen LogP contribution in [0.1, 0.15) is 97.7 Å². The molecule has 7 heterocycles. The van der Waals surface area contributed by atoms with Crippen LogP contribution >= 0.6 is 71.0 Å². The number of aliphatic hydroxyl groups excluding tert-OH is 2. The average molecular weight is 1770 g/mol. The second-order valence-electron chi connectivity index (χ2n) is 23.6. The van der Waals surface area contributed by atoms with E-state index >= 15 is 0 Å².